The Morgan fingerprint density at radius 2 is 1.30 bits per heavy atom. The average molecular weight is 395 g/mol. The van der Waals surface area contributed by atoms with Gasteiger partial charge in [0.05, 0.1) is 5.02 Å². The number of nitrogens with zero attached hydrogens (tertiary/aromatic N) is 1. The van der Waals surface area contributed by atoms with Crippen molar-refractivity contribution >= 4 is 23.3 Å². The molecule has 27 heavy (non-hydrogen) atoms. The second-order valence-electron chi connectivity index (χ2n) is 7.61. The molecule has 1 aromatic rings. The van der Waals surface area contributed by atoms with Crippen LogP contribution in [0.2, 0.25) is 5.02 Å². The molecule has 1 amide bonds. The van der Waals surface area contributed by atoms with Gasteiger partial charge in [0.2, 0.25) is 5.91 Å². The monoisotopic (exact) mass is 394 g/mol. The van der Waals surface area contributed by atoms with Crippen LogP contribution in [0.3, 0.4) is 0 Å². The first-order valence-electron chi connectivity index (χ1n) is 11.1. The van der Waals surface area contributed by atoms with Crippen LogP contribution in [0.15, 0.2) is 18.3 Å². The van der Waals surface area contributed by atoms with E-state index in [0.29, 0.717) is 17.3 Å². The first-order chi connectivity index (χ1) is 13.2. The molecule has 1 heterocycles. The number of carbonyl (C=O) groups excluding carboxylic acids is 1. The molecule has 0 unspecified atom stereocenters. The van der Waals surface area contributed by atoms with Crippen molar-refractivity contribution in [3.8, 4) is 0 Å². The van der Waals surface area contributed by atoms with Crippen molar-refractivity contribution in [1.82, 2.24) is 4.98 Å². The standard InChI is InChI=1S/C23H39ClN2O/c1-2-3-4-5-6-7-8-9-10-11-12-13-14-15-16-17-23(27)26-22-19-18-21(24)20-25-22/h18-20H,2-17H2,1H3,(H,25,26,27). The molecule has 0 atom stereocenters. The van der Waals surface area contributed by atoms with Crippen LogP contribution in [-0.4, -0.2) is 10.9 Å². The lowest BCUT2D eigenvalue weighted by molar-refractivity contribution is -0.116. The quantitative estimate of drug-likeness (QED) is 0.272. The topological polar surface area (TPSA) is 42.0 Å². The van der Waals surface area contributed by atoms with Gasteiger partial charge in [-0.3, -0.25) is 4.79 Å². The molecule has 0 aliphatic carbocycles. The number of pyridine rings is 1. The maximum atomic E-state index is 11.8. The lowest BCUT2D eigenvalue weighted by atomic mass is 10.0. The van der Waals surface area contributed by atoms with E-state index in [-0.39, 0.29) is 5.91 Å². The summed E-state index contributed by atoms with van der Waals surface area (Å²) >= 11 is 5.78. The van der Waals surface area contributed by atoms with Crippen LogP contribution in [0.25, 0.3) is 0 Å². The summed E-state index contributed by atoms with van der Waals surface area (Å²) in [6.07, 6.45) is 22.2. The van der Waals surface area contributed by atoms with Crippen LogP contribution in [0.4, 0.5) is 5.82 Å². The highest BCUT2D eigenvalue weighted by Crippen LogP contribution is 2.14. The molecule has 1 aromatic heterocycles. The van der Waals surface area contributed by atoms with Crippen LogP contribution in [0.5, 0.6) is 0 Å². The summed E-state index contributed by atoms with van der Waals surface area (Å²) in [5, 5.41) is 3.39. The summed E-state index contributed by atoms with van der Waals surface area (Å²) in [4.78, 5) is 15.9. The number of halogens is 1. The number of amides is 1. The molecule has 0 radical (unpaired) electrons. The van der Waals surface area contributed by atoms with Crippen molar-refractivity contribution in [2.24, 2.45) is 0 Å². The summed E-state index contributed by atoms with van der Waals surface area (Å²) in [6, 6.07) is 3.46. The summed E-state index contributed by atoms with van der Waals surface area (Å²) < 4.78 is 0. The van der Waals surface area contributed by atoms with E-state index in [4.69, 9.17) is 11.6 Å². The third-order valence-corrected chi connectivity index (χ3v) is 5.23. The van der Waals surface area contributed by atoms with E-state index in [9.17, 15) is 4.79 Å². The Balaban J connectivity index is 1.81. The maximum absolute atomic E-state index is 11.8. The van der Waals surface area contributed by atoms with Crippen LogP contribution in [0, 0.1) is 0 Å². The number of rotatable bonds is 17. The van der Waals surface area contributed by atoms with Gasteiger partial charge >= 0.3 is 0 Å². The molecule has 0 aliphatic heterocycles. The largest absolute Gasteiger partial charge is 0.311 e. The highest BCUT2D eigenvalue weighted by atomic mass is 35.5. The van der Waals surface area contributed by atoms with Crippen molar-refractivity contribution in [3.05, 3.63) is 23.4 Å². The first kappa shape index (κ1) is 23.9. The Labute approximate surface area is 171 Å². The SMILES string of the molecule is CCCCCCCCCCCCCCCCCC(=O)Nc1ccc(Cl)cn1. The second-order valence-corrected chi connectivity index (χ2v) is 8.05. The van der Waals surface area contributed by atoms with Gasteiger partial charge in [0.15, 0.2) is 0 Å². The van der Waals surface area contributed by atoms with E-state index in [1.165, 1.54) is 83.5 Å². The Hall–Kier alpha value is -1.09. The number of nitrogens with one attached hydrogen (secondary N) is 1. The molecule has 3 nitrogen and oxygen atoms in total. The smallest absolute Gasteiger partial charge is 0.225 e. The van der Waals surface area contributed by atoms with Gasteiger partial charge in [-0.25, -0.2) is 4.98 Å². The van der Waals surface area contributed by atoms with Crippen molar-refractivity contribution < 1.29 is 4.79 Å². The van der Waals surface area contributed by atoms with Gasteiger partial charge in [0, 0.05) is 12.6 Å². The van der Waals surface area contributed by atoms with Crippen molar-refractivity contribution in [2.45, 2.75) is 110 Å². The number of unbranched alkanes of at least 4 members (excludes halogenated alkanes) is 14. The molecule has 0 fully saturated rings. The third kappa shape index (κ3) is 14.6. The predicted molar refractivity (Wildman–Crippen MR) is 117 cm³/mol. The average Bonchev–Trinajstić information content (AvgIpc) is 2.66. The molecule has 1 N–H and O–H groups in total. The van der Waals surface area contributed by atoms with Crippen LogP contribution < -0.4 is 5.32 Å². The fourth-order valence-corrected chi connectivity index (χ4v) is 3.42. The maximum Gasteiger partial charge on any atom is 0.225 e. The summed E-state index contributed by atoms with van der Waals surface area (Å²) in [5.41, 5.74) is 0. The molecule has 0 saturated carbocycles. The zero-order chi connectivity index (χ0) is 19.6. The number of hydrogen-bond donors (Lipinski definition) is 1. The van der Waals surface area contributed by atoms with Crippen molar-refractivity contribution in [1.29, 1.82) is 0 Å². The number of carbonyl (C=O) groups is 1. The van der Waals surface area contributed by atoms with Gasteiger partial charge in [-0.05, 0) is 18.6 Å². The molecule has 0 aromatic carbocycles. The molecule has 4 heteroatoms. The first-order valence-corrected chi connectivity index (χ1v) is 11.5. The van der Waals surface area contributed by atoms with Gasteiger partial charge in [-0.1, -0.05) is 108 Å². The van der Waals surface area contributed by atoms with E-state index in [1.54, 1.807) is 18.3 Å². The minimum Gasteiger partial charge on any atom is -0.311 e. The fraction of sp³-hybridized carbons (Fsp3) is 0.739. The lowest BCUT2D eigenvalue weighted by Crippen LogP contribution is -2.11. The Morgan fingerprint density at radius 3 is 1.74 bits per heavy atom. The lowest BCUT2D eigenvalue weighted by Gasteiger charge is -2.05. The molecule has 0 aliphatic rings. The van der Waals surface area contributed by atoms with E-state index in [2.05, 4.69) is 17.2 Å². The number of hydrogen-bond acceptors (Lipinski definition) is 2. The van der Waals surface area contributed by atoms with E-state index in [0.717, 1.165) is 12.8 Å². The van der Waals surface area contributed by atoms with Gasteiger partial charge in [0.25, 0.3) is 0 Å². The Morgan fingerprint density at radius 1 is 0.815 bits per heavy atom. The zero-order valence-electron chi connectivity index (χ0n) is 17.3. The van der Waals surface area contributed by atoms with E-state index < -0.39 is 0 Å². The molecule has 154 valence electrons. The van der Waals surface area contributed by atoms with Crippen LogP contribution in [-0.2, 0) is 4.79 Å². The van der Waals surface area contributed by atoms with Gasteiger partial charge in [0.1, 0.15) is 5.82 Å². The predicted octanol–water partition coefficient (Wildman–Crippen LogP) is 7.94. The van der Waals surface area contributed by atoms with Gasteiger partial charge < -0.3 is 5.32 Å². The number of aromatic nitrogens is 1. The molecule has 0 saturated heterocycles. The van der Waals surface area contributed by atoms with Crippen molar-refractivity contribution in [2.75, 3.05) is 5.32 Å². The van der Waals surface area contributed by atoms with Gasteiger partial charge in [-0.2, -0.15) is 0 Å². The van der Waals surface area contributed by atoms with Crippen LogP contribution >= 0.6 is 11.6 Å². The van der Waals surface area contributed by atoms with Gasteiger partial charge in [-0.15, -0.1) is 0 Å². The van der Waals surface area contributed by atoms with E-state index in [1.807, 2.05) is 0 Å². The molecule has 0 spiro atoms. The molecule has 0 bridgehead atoms. The molecule has 1 rings (SSSR count). The highest BCUT2D eigenvalue weighted by molar-refractivity contribution is 6.30. The minimum atomic E-state index is 0.0412. The second kappa shape index (κ2) is 17.0. The van der Waals surface area contributed by atoms with Crippen molar-refractivity contribution in [3.63, 3.8) is 0 Å². The van der Waals surface area contributed by atoms with Crippen LogP contribution in [0.1, 0.15) is 110 Å². The zero-order valence-corrected chi connectivity index (χ0v) is 18.0. The Bertz CT molecular complexity index is 476. The molecular formula is C23H39ClN2O. The summed E-state index contributed by atoms with van der Waals surface area (Å²) in [7, 11) is 0. The minimum absolute atomic E-state index is 0.0412. The summed E-state index contributed by atoms with van der Waals surface area (Å²) in [6.45, 7) is 2.28. The van der Waals surface area contributed by atoms with E-state index >= 15 is 0 Å². The highest BCUT2D eigenvalue weighted by Gasteiger charge is 2.03. The Kier molecular flexibility index (Phi) is 15.1. The summed E-state index contributed by atoms with van der Waals surface area (Å²) in [5.74, 6) is 0.616. The number of anilines is 1. The fourth-order valence-electron chi connectivity index (χ4n) is 3.31. The normalized spacial score (nSPS) is 10.9. The molecular weight excluding hydrogens is 356 g/mol. The third-order valence-electron chi connectivity index (χ3n) is 5.00.